The Hall–Kier alpha value is -2.26. The van der Waals surface area contributed by atoms with Gasteiger partial charge in [-0.1, -0.05) is 37.3 Å². The van der Waals surface area contributed by atoms with Gasteiger partial charge in [0.1, 0.15) is 5.92 Å². The molecule has 1 amide bonds. The van der Waals surface area contributed by atoms with Gasteiger partial charge < -0.3 is 5.32 Å². The molecule has 0 saturated heterocycles. The lowest BCUT2D eigenvalue weighted by Gasteiger charge is -2.16. The molecule has 0 saturated carbocycles. The molecule has 0 heterocycles. The van der Waals surface area contributed by atoms with Crippen molar-refractivity contribution in [1.29, 1.82) is 5.26 Å². The van der Waals surface area contributed by atoms with Gasteiger partial charge in [-0.15, -0.1) is 12.3 Å². The number of nitrogens with zero attached hydrogens (tertiary/aromatic N) is 1. The summed E-state index contributed by atoms with van der Waals surface area (Å²) in [5.74, 6) is 1.46. The zero-order valence-corrected chi connectivity index (χ0v) is 10.4. The van der Waals surface area contributed by atoms with Crippen LogP contribution in [0.1, 0.15) is 31.2 Å². The molecule has 0 radical (unpaired) electrons. The van der Waals surface area contributed by atoms with E-state index in [4.69, 9.17) is 11.7 Å². The summed E-state index contributed by atoms with van der Waals surface area (Å²) in [5.41, 5.74) is 0.702. The molecule has 0 fully saturated rings. The lowest BCUT2D eigenvalue weighted by atomic mass is 9.99. The summed E-state index contributed by atoms with van der Waals surface area (Å²) in [6, 6.07) is 11.0. The van der Waals surface area contributed by atoms with Crippen molar-refractivity contribution in [2.75, 3.05) is 0 Å². The number of nitrogens with one attached hydrogen (secondary N) is 1. The van der Waals surface area contributed by atoms with Gasteiger partial charge in [-0.25, -0.2) is 0 Å². The highest BCUT2D eigenvalue weighted by molar-refractivity contribution is 5.86. The average Bonchev–Trinajstić information content (AvgIpc) is 2.40. The largest absolute Gasteiger partial charge is 0.351 e. The highest BCUT2D eigenvalue weighted by Crippen LogP contribution is 2.15. The van der Waals surface area contributed by atoms with Crippen molar-refractivity contribution in [3.63, 3.8) is 0 Å². The standard InChI is InChI=1S/C15H16N2O/c1-3-8-13(4-2)17-15(18)14(11-16)12-9-6-5-7-10-12/h1,5-7,9-10,13-14H,4,8H2,2H3,(H,17,18). The van der Waals surface area contributed by atoms with Crippen LogP contribution in [0.15, 0.2) is 30.3 Å². The van der Waals surface area contributed by atoms with Crippen LogP contribution in [-0.4, -0.2) is 11.9 Å². The predicted molar refractivity (Wildman–Crippen MR) is 70.5 cm³/mol. The fourth-order valence-corrected chi connectivity index (χ4v) is 1.65. The Kier molecular flexibility index (Phi) is 5.48. The van der Waals surface area contributed by atoms with Crippen LogP contribution in [0, 0.1) is 23.7 Å². The molecule has 1 N–H and O–H groups in total. The maximum absolute atomic E-state index is 12.0. The predicted octanol–water partition coefficient (Wildman–Crippen LogP) is 2.21. The molecular weight excluding hydrogens is 224 g/mol. The molecule has 0 bridgehead atoms. The molecule has 1 aromatic rings. The van der Waals surface area contributed by atoms with E-state index in [0.717, 1.165) is 6.42 Å². The quantitative estimate of drug-likeness (QED) is 0.802. The van der Waals surface area contributed by atoms with Gasteiger partial charge in [0, 0.05) is 12.5 Å². The van der Waals surface area contributed by atoms with E-state index in [1.807, 2.05) is 31.2 Å². The third kappa shape index (κ3) is 3.64. The van der Waals surface area contributed by atoms with Crippen molar-refractivity contribution < 1.29 is 4.79 Å². The number of carbonyl (C=O) groups excluding carboxylic acids is 1. The second kappa shape index (κ2) is 7.14. The normalized spacial score (nSPS) is 12.8. The van der Waals surface area contributed by atoms with Gasteiger partial charge in [-0.3, -0.25) is 4.79 Å². The van der Waals surface area contributed by atoms with Crippen LogP contribution >= 0.6 is 0 Å². The maximum atomic E-state index is 12.0. The molecular formula is C15H16N2O. The Bertz CT molecular complexity index is 468. The first-order valence-corrected chi connectivity index (χ1v) is 5.91. The number of benzene rings is 1. The molecule has 0 aliphatic carbocycles. The molecule has 3 nitrogen and oxygen atoms in total. The third-order valence-corrected chi connectivity index (χ3v) is 2.73. The Labute approximate surface area is 108 Å². The van der Waals surface area contributed by atoms with Crippen LogP contribution in [0.25, 0.3) is 0 Å². The number of carbonyl (C=O) groups is 1. The molecule has 3 heteroatoms. The molecule has 0 aliphatic heterocycles. The highest BCUT2D eigenvalue weighted by atomic mass is 16.1. The van der Waals surface area contributed by atoms with Crippen molar-refractivity contribution in [2.45, 2.75) is 31.7 Å². The number of hydrogen-bond acceptors (Lipinski definition) is 2. The number of hydrogen-bond donors (Lipinski definition) is 1. The highest BCUT2D eigenvalue weighted by Gasteiger charge is 2.21. The fourth-order valence-electron chi connectivity index (χ4n) is 1.65. The smallest absolute Gasteiger partial charge is 0.242 e. The number of nitriles is 1. The minimum atomic E-state index is -0.780. The summed E-state index contributed by atoms with van der Waals surface area (Å²) in [4.78, 5) is 12.0. The molecule has 18 heavy (non-hydrogen) atoms. The first kappa shape index (κ1) is 13.8. The minimum absolute atomic E-state index is 0.0675. The lowest BCUT2D eigenvalue weighted by molar-refractivity contribution is -0.122. The summed E-state index contributed by atoms with van der Waals surface area (Å²) in [7, 11) is 0. The molecule has 1 rings (SSSR count). The van der Waals surface area contributed by atoms with E-state index < -0.39 is 5.92 Å². The van der Waals surface area contributed by atoms with Gasteiger partial charge in [-0.2, -0.15) is 5.26 Å². The van der Waals surface area contributed by atoms with Gasteiger partial charge >= 0.3 is 0 Å². The van der Waals surface area contributed by atoms with Crippen LogP contribution < -0.4 is 5.32 Å². The summed E-state index contributed by atoms with van der Waals surface area (Å²) in [5, 5.41) is 11.9. The van der Waals surface area contributed by atoms with Crippen molar-refractivity contribution in [2.24, 2.45) is 0 Å². The number of rotatable bonds is 5. The second-order valence-corrected chi connectivity index (χ2v) is 3.99. The van der Waals surface area contributed by atoms with E-state index in [0.29, 0.717) is 12.0 Å². The molecule has 0 aromatic heterocycles. The zero-order chi connectivity index (χ0) is 13.4. The maximum Gasteiger partial charge on any atom is 0.242 e. The van der Waals surface area contributed by atoms with Gasteiger partial charge in [0.15, 0.2) is 0 Å². The Morgan fingerprint density at radius 3 is 2.61 bits per heavy atom. The minimum Gasteiger partial charge on any atom is -0.351 e. The average molecular weight is 240 g/mol. The first-order valence-electron chi connectivity index (χ1n) is 5.91. The van der Waals surface area contributed by atoms with E-state index >= 15 is 0 Å². The van der Waals surface area contributed by atoms with E-state index in [1.54, 1.807) is 12.1 Å². The van der Waals surface area contributed by atoms with Crippen molar-refractivity contribution >= 4 is 5.91 Å². The van der Waals surface area contributed by atoms with E-state index in [2.05, 4.69) is 11.2 Å². The van der Waals surface area contributed by atoms with Crippen molar-refractivity contribution in [3.8, 4) is 18.4 Å². The van der Waals surface area contributed by atoms with Crippen LogP contribution in [0.5, 0.6) is 0 Å². The molecule has 2 atom stereocenters. The molecule has 0 aliphatic rings. The van der Waals surface area contributed by atoms with Crippen LogP contribution in [0.3, 0.4) is 0 Å². The molecule has 92 valence electrons. The molecule has 0 spiro atoms. The molecule has 1 aromatic carbocycles. The third-order valence-electron chi connectivity index (χ3n) is 2.73. The van der Waals surface area contributed by atoms with Gasteiger partial charge in [0.05, 0.1) is 6.07 Å². The summed E-state index contributed by atoms with van der Waals surface area (Å²) in [6.45, 7) is 1.95. The monoisotopic (exact) mass is 240 g/mol. The second-order valence-electron chi connectivity index (χ2n) is 3.99. The summed E-state index contributed by atoms with van der Waals surface area (Å²) in [6.07, 6.45) is 6.47. The lowest BCUT2D eigenvalue weighted by Crippen LogP contribution is -2.37. The van der Waals surface area contributed by atoms with Crippen LogP contribution in [-0.2, 0) is 4.79 Å². The van der Waals surface area contributed by atoms with Crippen molar-refractivity contribution in [3.05, 3.63) is 35.9 Å². The topological polar surface area (TPSA) is 52.9 Å². The Balaban J connectivity index is 2.76. The number of amides is 1. The van der Waals surface area contributed by atoms with Crippen LogP contribution in [0.4, 0.5) is 0 Å². The van der Waals surface area contributed by atoms with E-state index in [9.17, 15) is 4.79 Å². The van der Waals surface area contributed by atoms with Crippen molar-refractivity contribution in [1.82, 2.24) is 5.32 Å². The first-order chi connectivity index (χ1) is 8.72. The van der Waals surface area contributed by atoms with Crippen LogP contribution in [0.2, 0.25) is 0 Å². The van der Waals surface area contributed by atoms with Gasteiger partial charge in [0.2, 0.25) is 5.91 Å². The Morgan fingerprint density at radius 2 is 2.11 bits per heavy atom. The van der Waals surface area contributed by atoms with Gasteiger partial charge in [-0.05, 0) is 12.0 Å². The summed E-state index contributed by atoms with van der Waals surface area (Å²) >= 11 is 0. The van der Waals surface area contributed by atoms with E-state index in [1.165, 1.54) is 0 Å². The SMILES string of the molecule is C#CCC(CC)NC(=O)C(C#N)c1ccccc1. The Morgan fingerprint density at radius 1 is 1.44 bits per heavy atom. The zero-order valence-electron chi connectivity index (χ0n) is 10.4. The molecule has 2 unspecified atom stereocenters. The summed E-state index contributed by atoms with van der Waals surface area (Å²) < 4.78 is 0. The number of terminal acetylenes is 1. The van der Waals surface area contributed by atoms with Gasteiger partial charge in [0.25, 0.3) is 0 Å². The van der Waals surface area contributed by atoms with E-state index in [-0.39, 0.29) is 11.9 Å². The fraction of sp³-hybridized carbons (Fsp3) is 0.333.